The Morgan fingerprint density at radius 2 is 1.67 bits per heavy atom. The predicted octanol–water partition coefficient (Wildman–Crippen LogP) is 2.46. The maximum Gasteiger partial charge on any atom is 0.257 e. The number of phenols is 1. The van der Waals surface area contributed by atoms with E-state index in [1.165, 1.54) is 12.4 Å². The molecule has 8 heteroatoms. The Balaban J connectivity index is 1.40. The minimum atomic E-state index is -0.154. The molecule has 0 aliphatic carbocycles. The van der Waals surface area contributed by atoms with Crippen LogP contribution in [-0.2, 0) is 0 Å². The number of phenolic OH excluding ortho intramolecular Hbond substituents is 1. The first-order valence-corrected chi connectivity index (χ1v) is 9.79. The number of hydrogen-bond donors (Lipinski definition) is 1. The summed E-state index contributed by atoms with van der Waals surface area (Å²) in [7, 11) is 0. The van der Waals surface area contributed by atoms with Gasteiger partial charge in [-0.3, -0.25) is 4.79 Å². The fraction of sp³-hybridized carbons (Fsp3) is 0.182. The maximum absolute atomic E-state index is 12.8. The molecule has 5 rings (SSSR count). The molecule has 4 aromatic rings. The van der Waals surface area contributed by atoms with Gasteiger partial charge in [-0.15, -0.1) is 0 Å². The second kappa shape index (κ2) is 7.47. The first kappa shape index (κ1) is 18.1. The van der Waals surface area contributed by atoms with Crippen molar-refractivity contribution >= 4 is 17.5 Å². The van der Waals surface area contributed by atoms with Crippen molar-refractivity contribution in [2.75, 3.05) is 31.1 Å². The van der Waals surface area contributed by atoms with Crippen LogP contribution < -0.4 is 4.90 Å². The number of carbonyl (C=O) groups is 1. The summed E-state index contributed by atoms with van der Waals surface area (Å²) in [6.45, 7) is 2.39. The van der Waals surface area contributed by atoms with Crippen LogP contribution in [0.25, 0.3) is 17.0 Å². The van der Waals surface area contributed by atoms with Gasteiger partial charge in [0.05, 0.1) is 11.3 Å². The maximum atomic E-state index is 12.8. The molecule has 30 heavy (non-hydrogen) atoms. The van der Waals surface area contributed by atoms with Crippen LogP contribution >= 0.6 is 0 Å². The lowest BCUT2D eigenvalue weighted by molar-refractivity contribution is 0.0743. The molecule has 0 atom stereocenters. The Morgan fingerprint density at radius 3 is 2.43 bits per heavy atom. The zero-order chi connectivity index (χ0) is 20.5. The van der Waals surface area contributed by atoms with Crippen molar-refractivity contribution in [3.05, 3.63) is 72.6 Å². The summed E-state index contributed by atoms with van der Waals surface area (Å²) >= 11 is 0. The van der Waals surface area contributed by atoms with E-state index in [0.29, 0.717) is 37.5 Å². The molecule has 0 saturated carbocycles. The number of aromatic hydroxyl groups is 1. The fourth-order valence-corrected chi connectivity index (χ4v) is 3.74. The highest BCUT2D eigenvalue weighted by molar-refractivity contribution is 5.97. The topological polar surface area (TPSA) is 86.9 Å². The van der Waals surface area contributed by atoms with Crippen LogP contribution in [0.1, 0.15) is 10.4 Å². The quantitative estimate of drug-likeness (QED) is 0.569. The van der Waals surface area contributed by atoms with E-state index in [-0.39, 0.29) is 11.7 Å². The van der Waals surface area contributed by atoms with Crippen molar-refractivity contribution in [3.63, 3.8) is 0 Å². The number of piperazine rings is 1. The van der Waals surface area contributed by atoms with Crippen molar-refractivity contribution < 1.29 is 9.90 Å². The Labute approximate surface area is 173 Å². The first-order chi connectivity index (χ1) is 14.7. The molecule has 0 spiro atoms. The lowest BCUT2D eigenvalue weighted by Crippen LogP contribution is -2.49. The van der Waals surface area contributed by atoms with Crippen LogP contribution in [0.3, 0.4) is 0 Å². The monoisotopic (exact) mass is 400 g/mol. The molecule has 3 heterocycles. The molecule has 2 aromatic heterocycles. The van der Waals surface area contributed by atoms with E-state index < -0.39 is 0 Å². The van der Waals surface area contributed by atoms with Gasteiger partial charge in [-0.2, -0.15) is 14.6 Å². The third kappa shape index (κ3) is 3.22. The van der Waals surface area contributed by atoms with Crippen molar-refractivity contribution in [2.45, 2.75) is 0 Å². The summed E-state index contributed by atoms with van der Waals surface area (Å²) < 4.78 is 1.73. The second-order valence-corrected chi connectivity index (χ2v) is 7.13. The van der Waals surface area contributed by atoms with E-state index >= 15 is 0 Å². The van der Waals surface area contributed by atoms with Gasteiger partial charge in [-0.25, -0.2) is 4.98 Å². The number of fused-ring (bicyclic) bond motifs is 1. The average Bonchev–Trinajstić information content (AvgIpc) is 3.28. The van der Waals surface area contributed by atoms with Crippen molar-refractivity contribution in [1.82, 2.24) is 24.5 Å². The van der Waals surface area contributed by atoms with Gasteiger partial charge in [0.25, 0.3) is 11.7 Å². The van der Waals surface area contributed by atoms with Gasteiger partial charge in [0, 0.05) is 37.8 Å². The van der Waals surface area contributed by atoms with Crippen LogP contribution in [0.15, 0.2) is 67.0 Å². The van der Waals surface area contributed by atoms with Gasteiger partial charge in [0.15, 0.2) is 0 Å². The number of benzene rings is 2. The van der Waals surface area contributed by atoms with E-state index in [2.05, 4.69) is 20.0 Å². The Morgan fingerprint density at radius 1 is 0.933 bits per heavy atom. The van der Waals surface area contributed by atoms with E-state index in [1.54, 1.807) is 27.6 Å². The van der Waals surface area contributed by atoms with Crippen molar-refractivity contribution in [1.29, 1.82) is 0 Å². The highest BCUT2D eigenvalue weighted by atomic mass is 16.3. The number of rotatable bonds is 3. The van der Waals surface area contributed by atoms with E-state index in [0.717, 1.165) is 17.1 Å². The standard InChI is InChI=1S/C22H20N6O2/c29-19-9-5-4-8-17(19)21(30)27-12-10-26(11-13-27)20-14-18(16-6-2-1-3-7-16)25-22-23-15-24-28(20)22/h1-9,14-15,29H,10-13H2. The third-order valence-corrected chi connectivity index (χ3v) is 5.33. The molecule has 8 nitrogen and oxygen atoms in total. The number of amides is 1. The molecular weight excluding hydrogens is 380 g/mol. The molecule has 150 valence electrons. The summed E-state index contributed by atoms with van der Waals surface area (Å²) in [6, 6.07) is 18.6. The number of nitrogens with zero attached hydrogens (tertiary/aromatic N) is 6. The van der Waals surface area contributed by atoms with Gasteiger partial charge >= 0.3 is 0 Å². The smallest absolute Gasteiger partial charge is 0.257 e. The summed E-state index contributed by atoms with van der Waals surface area (Å²) in [5.41, 5.74) is 2.18. The molecule has 0 radical (unpaired) electrons. The normalized spacial score (nSPS) is 14.3. The number of anilines is 1. The first-order valence-electron chi connectivity index (χ1n) is 9.79. The molecule has 1 amide bonds. The van der Waals surface area contributed by atoms with Crippen molar-refractivity contribution in [2.24, 2.45) is 0 Å². The van der Waals surface area contributed by atoms with Gasteiger partial charge in [0.2, 0.25) is 0 Å². The summed E-state index contributed by atoms with van der Waals surface area (Å²) in [4.78, 5) is 25.6. The minimum Gasteiger partial charge on any atom is -0.507 e. The van der Waals surface area contributed by atoms with Crippen LogP contribution in [0.4, 0.5) is 5.82 Å². The lowest BCUT2D eigenvalue weighted by atomic mass is 10.1. The zero-order valence-electron chi connectivity index (χ0n) is 16.2. The molecule has 1 aliphatic heterocycles. The van der Waals surface area contributed by atoms with E-state index in [1.807, 2.05) is 36.4 Å². The highest BCUT2D eigenvalue weighted by Crippen LogP contribution is 2.25. The lowest BCUT2D eigenvalue weighted by Gasteiger charge is -2.36. The Kier molecular flexibility index (Phi) is 4.51. The Bertz CT molecular complexity index is 1200. The van der Waals surface area contributed by atoms with Crippen LogP contribution in [0, 0.1) is 0 Å². The second-order valence-electron chi connectivity index (χ2n) is 7.13. The molecule has 1 saturated heterocycles. The molecule has 2 aromatic carbocycles. The van der Waals surface area contributed by atoms with E-state index in [4.69, 9.17) is 0 Å². The molecule has 0 unspecified atom stereocenters. The molecule has 1 N–H and O–H groups in total. The summed E-state index contributed by atoms with van der Waals surface area (Å²) in [6.07, 6.45) is 1.50. The molecule has 1 aliphatic rings. The van der Waals surface area contributed by atoms with Crippen molar-refractivity contribution in [3.8, 4) is 17.0 Å². The number of hydrogen-bond acceptors (Lipinski definition) is 6. The van der Waals surface area contributed by atoms with Gasteiger partial charge in [-0.05, 0) is 12.1 Å². The zero-order valence-corrected chi connectivity index (χ0v) is 16.2. The Hall–Kier alpha value is -3.94. The van der Waals surface area contributed by atoms with Gasteiger partial charge in [0.1, 0.15) is 17.9 Å². The number of para-hydroxylation sites is 1. The third-order valence-electron chi connectivity index (χ3n) is 5.33. The SMILES string of the molecule is O=C(c1ccccc1O)N1CCN(c2cc(-c3ccccc3)nc3ncnn23)CC1. The fourth-order valence-electron chi connectivity index (χ4n) is 3.74. The predicted molar refractivity (Wildman–Crippen MR) is 112 cm³/mol. The van der Waals surface area contributed by atoms with Gasteiger partial charge < -0.3 is 14.9 Å². The van der Waals surface area contributed by atoms with E-state index in [9.17, 15) is 9.90 Å². The minimum absolute atomic E-state index is 0.0101. The molecule has 1 fully saturated rings. The summed E-state index contributed by atoms with van der Waals surface area (Å²) in [5, 5.41) is 14.3. The van der Waals surface area contributed by atoms with Crippen LogP contribution in [-0.4, -0.2) is 61.7 Å². The van der Waals surface area contributed by atoms with Crippen LogP contribution in [0.2, 0.25) is 0 Å². The van der Waals surface area contributed by atoms with Crippen LogP contribution in [0.5, 0.6) is 5.75 Å². The average molecular weight is 400 g/mol. The number of aromatic nitrogens is 4. The number of carbonyl (C=O) groups excluding carboxylic acids is 1. The highest BCUT2D eigenvalue weighted by Gasteiger charge is 2.25. The van der Waals surface area contributed by atoms with Gasteiger partial charge in [-0.1, -0.05) is 42.5 Å². The molecule has 0 bridgehead atoms. The largest absolute Gasteiger partial charge is 0.507 e. The molecular formula is C22H20N6O2. The summed E-state index contributed by atoms with van der Waals surface area (Å²) in [5.74, 6) is 1.29.